The Morgan fingerprint density at radius 3 is 2.53 bits per heavy atom. The van der Waals surface area contributed by atoms with Crippen molar-refractivity contribution in [3.05, 3.63) is 47.0 Å². The summed E-state index contributed by atoms with van der Waals surface area (Å²) in [4.78, 5) is 11.6. The number of carbonyl (C=O) groups is 1. The van der Waals surface area contributed by atoms with Crippen LogP contribution in [0.5, 0.6) is 28.7 Å². The third kappa shape index (κ3) is 3.03. The third-order valence-electron chi connectivity index (χ3n) is 7.14. The van der Waals surface area contributed by atoms with E-state index in [1.165, 1.54) is 6.08 Å². The van der Waals surface area contributed by atoms with Crippen molar-refractivity contribution < 1.29 is 53.6 Å². The molecule has 36 heavy (non-hydrogen) atoms. The van der Waals surface area contributed by atoms with Crippen LogP contribution in [0.15, 0.2) is 30.3 Å². The van der Waals surface area contributed by atoms with Gasteiger partial charge in [-0.3, -0.25) is 0 Å². The molecule has 1 spiro atoms. The van der Waals surface area contributed by atoms with E-state index in [4.69, 9.17) is 28.4 Å². The van der Waals surface area contributed by atoms with Crippen molar-refractivity contribution in [2.24, 2.45) is 0 Å². The maximum Gasteiger partial charge on any atom is 0.335 e. The number of aliphatic hydroxyl groups excluding tert-OH is 3. The van der Waals surface area contributed by atoms with Gasteiger partial charge in [-0.15, -0.1) is 0 Å². The number of hydrogen-bond acceptors (Lipinski definition) is 10. The second kappa shape index (κ2) is 8.00. The van der Waals surface area contributed by atoms with Crippen LogP contribution in [0.1, 0.15) is 28.7 Å². The number of ether oxygens (including phenoxy) is 6. The highest BCUT2D eigenvalue weighted by Gasteiger charge is 2.57. The molecule has 4 heterocycles. The number of aliphatic carboxylic acids is 1. The molecular formula is C25H24O11. The Morgan fingerprint density at radius 2 is 1.81 bits per heavy atom. The molecule has 4 aliphatic heterocycles. The molecule has 11 heteroatoms. The zero-order chi connectivity index (χ0) is 25.4. The maximum absolute atomic E-state index is 11.6. The summed E-state index contributed by atoms with van der Waals surface area (Å²) in [6.07, 6.45) is -4.65. The van der Waals surface area contributed by atoms with Gasteiger partial charge in [0.15, 0.2) is 23.7 Å². The second-order valence-corrected chi connectivity index (χ2v) is 9.03. The first-order valence-corrected chi connectivity index (χ1v) is 11.3. The molecule has 2 aromatic carbocycles. The fraction of sp³-hybridized carbons (Fsp3) is 0.400. The molecule has 0 radical (unpaired) electrons. The highest BCUT2D eigenvalue weighted by Crippen LogP contribution is 2.57. The average Bonchev–Trinajstić information content (AvgIpc) is 3.27. The van der Waals surface area contributed by atoms with Gasteiger partial charge < -0.3 is 48.8 Å². The van der Waals surface area contributed by atoms with Gasteiger partial charge in [0, 0.05) is 11.1 Å². The van der Waals surface area contributed by atoms with Gasteiger partial charge in [-0.25, -0.2) is 4.79 Å². The molecule has 7 unspecified atom stereocenters. The third-order valence-corrected chi connectivity index (χ3v) is 7.14. The molecule has 0 aliphatic carbocycles. The van der Waals surface area contributed by atoms with Crippen LogP contribution in [-0.4, -0.2) is 77.4 Å². The number of fused-ring (bicyclic) bond motifs is 7. The van der Waals surface area contributed by atoms with Gasteiger partial charge in [0.25, 0.3) is 5.79 Å². The fourth-order valence-corrected chi connectivity index (χ4v) is 5.33. The van der Waals surface area contributed by atoms with Crippen molar-refractivity contribution in [2.45, 2.75) is 42.2 Å². The minimum absolute atomic E-state index is 0.0818. The lowest BCUT2D eigenvalue weighted by Crippen LogP contribution is -2.67. The largest absolute Gasteiger partial charge is 0.493 e. The van der Waals surface area contributed by atoms with E-state index < -0.39 is 36.2 Å². The lowest BCUT2D eigenvalue weighted by Gasteiger charge is -2.47. The van der Waals surface area contributed by atoms with Crippen LogP contribution in [0.3, 0.4) is 0 Å². The molecule has 11 nitrogen and oxygen atoms in total. The number of aliphatic hydroxyl groups is 3. The van der Waals surface area contributed by atoms with E-state index >= 15 is 0 Å². The lowest BCUT2D eigenvalue weighted by atomic mass is 9.86. The first-order valence-electron chi connectivity index (χ1n) is 11.3. The summed E-state index contributed by atoms with van der Waals surface area (Å²) in [5.74, 6) is -1.17. The number of rotatable bonds is 3. The van der Waals surface area contributed by atoms with E-state index in [1.54, 1.807) is 32.4 Å². The van der Waals surface area contributed by atoms with Crippen LogP contribution in [0.4, 0.5) is 0 Å². The molecule has 0 saturated carbocycles. The summed E-state index contributed by atoms with van der Waals surface area (Å²) in [5.41, 5.74) is 2.26. The zero-order valence-corrected chi connectivity index (χ0v) is 19.3. The van der Waals surface area contributed by atoms with Crippen LogP contribution in [0, 0.1) is 0 Å². The number of methoxy groups -OCH3 is 2. The molecule has 4 aliphatic rings. The highest BCUT2D eigenvalue weighted by molar-refractivity contribution is 5.74. The van der Waals surface area contributed by atoms with Crippen molar-refractivity contribution in [2.75, 3.05) is 20.8 Å². The molecule has 1 saturated heterocycles. The van der Waals surface area contributed by atoms with Gasteiger partial charge in [-0.05, 0) is 30.4 Å². The molecule has 2 aromatic rings. The Kier molecular flexibility index (Phi) is 5.09. The SMILES string of the molecule is COc1ccc2c(c1OC)OC1c3ccc4c(c3OCC21)C=CC1(O4)OC(C(=O)O)C(O)C(O)C1O. The summed E-state index contributed by atoms with van der Waals surface area (Å²) in [7, 11) is 3.11. The van der Waals surface area contributed by atoms with Crippen molar-refractivity contribution in [3.8, 4) is 28.7 Å². The van der Waals surface area contributed by atoms with Gasteiger partial charge in [0.05, 0.1) is 32.3 Å². The van der Waals surface area contributed by atoms with Crippen molar-refractivity contribution in [3.63, 3.8) is 0 Å². The minimum atomic E-state index is -2.01. The zero-order valence-electron chi connectivity index (χ0n) is 19.3. The van der Waals surface area contributed by atoms with Crippen LogP contribution in [-0.2, 0) is 9.53 Å². The summed E-state index contributed by atoms with van der Waals surface area (Å²) in [6, 6.07) is 7.16. The maximum atomic E-state index is 11.6. The molecule has 0 amide bonds. The summed E-state index contributed by atoms with van der Waals surface area (Å²) in [6.45, 7) is 0.320. The smallest absolute Gasteiger partial charge is 0.335 e. The highest BCUT2D eigenvalue weighted by atomic mass is 16.7. The van der Waals surface area contributed by atoms with E-state index in [1.807, 2.05) is 12.1 Å². The molecule has 1 fully saturated rings. The molecule has 7 atom stereocenters. The number of hydrogen-bond donors (Lipinski definition) is 4. The first-order chi connectivity index (χ1) is 17.3. The summed E-state index contributed by atoms with van der Waals surface area (Å²) >= 11 is 0. The average molecular weight is 500 g/mol. The Hall–Kier alpha value is -3.51. The quantitative estimate of drug-likeness (QED) is 0.477. The Bertz CT molecular complexity index is 1270. The van der Waals surface area contributed by atoms with Crippen molar-refractivity contribution in [1.82, 2.24) is 0 Å². The fourth-order valence-electron chi connectivity index (χ4n) is 5.33. The van der Waals surface area contributed by atoms with Gasteiger partial charge in [0.1, 0.15) is 29.8 Å². The van der Waals surface area contributed by atoms with E-state index in [-0.39, 0.29) is 17.8 Å². The van der Waals surface area contributed by atoms with Crippen LogP contribution < -0.4 is 23.7 Å². The number of benzene rings is 2. The molecule has 6 rings (SSSR count). The molecular weight excluding hydrogens is 476 g/mol. The van der Waals surface area contributed by atoms with Gasteiger partial charge in [-0.1, -0.05) is 6.07 Å². The Balaban J connectivity index is 1.36. The summed E-state index contributed by atoms with van der Waals surface area (Å²) in [5, 5.41) is 40.3. The number of carboxylic acid groups (broad SMARTS) is 1. The predicted molar refractivity (Wildman–Crippen MR) is 121 cm³/mol. The molecule has 4 N–H and O–H groups in total. The lowest BCUT2D eigenvalue weighted by molar-refractivity contribution is -0.309. The first kappa shape index (κ1) is 22.9. The predicted octanol–water partition coefficient (Wildman–Crippen LogP) is 0.981. The topological polar surface area (TPSA) is 153 Å². The second-order valence-electron chi connectivity index (χ2n) is 9.03. The molecule has 0 aromatic heterocycles. The minimum Gasteiger partial charge on any atom is -0.493 e. The van der Waals surface area contributed by atoms with Gasteiger partial charge in [-0.2, -0.15) is 0 Å². The van der Waals surface area contributed by atoms with Crippen LogP contribution in [0.25, 0.3) is 6.08 Å². The summed E-state index contributed by atoms with van der Waals surface area (Å²) < 4.78 is 34.8. The van der Waals surface area contributed by atoms with Crippen molar-refractivity contribution >= 4 is 12.0 Å². The normalized spacial score (nSPS) is 33.2. The molecule has 190 valence electrons. The Morgan fingerprint density at radius 1 is 1.03 bits per heavy atom. The van der Waals surface area contributed by atoms with E-state index in [2.05, 4.69) is 0 Å². The van der Waals surface area contributed by atoms with Gasteiger partial charge >= 0.3 is 5.97 Å². The standard InChI is InChI=1S/C25H24O11/c1-31-15-6-3-10-13-9-33-18-11-7-8-25(23(28)17(27)16(26)22(36-25)24(29)30)35-14(11)5-4-12(18)19(13)34-20(10)21(15)32-2/h3-8,13,16-17,19,22-23,26-28H,9H2,1-2H3,(H,29,30). The van der Waals surface area contributed by atoms with Crippen LogP contribution in [0.2, 0.25) is 0 Å². The van der Waals surface area contributed by atoms with E-state index in [0.29, 0.717) is 35.2 Å². The number of carboxylic acids is 1. The van der Waals surface area contributed by atoms with Crippen molar-refractivity contribution in [1.29, 1.82) is 0 Å². The Labute approximate surface area is 205 Å². The molecule has 0 bridgehead atoms. The van der Waals surface area contributed by atoms with E-state index in [0.717, 1.165) is 11.1 Å². The van der Waals surface area contributed by atoms with E-state index in [9.17, 15) is 25.2 Å². The van der Waals surface area contributed by atoms with Gasteiger partial charge in [0.2, 0.25) is 5.75 Å². The monoisotopic (exact) mass is 500 g/mol. The van der Waals surface area contributed by atoms with Crippen LogP contribution >= 0.6 is 0 Å².